The summed E-state index contributed by atoms with van der Waals surface area (Å²) in [4.78, 5) is 24.1. The summed E-state index contributed by atoms with van der Waals surface area (Å²) in [6.45, 7) is 6.61. The Bertz CT molecular complexity index is 1310. The number of imidazole rings is 1. The molecule has 1 aromatic carbocycles. The summed E-state index contributed by atoms with van der Waals surface area (Å²) in [5, 5.41) is 12.3. The van der Waals surface area contributed by atoms with E-state index in [0.29, 0.717) is 11.5 Å². The van der Waals surface area contributed by atoms with Crippen LogP contribution in [0.15, 0.2) is 42.6 Å². The fourth-order valence-corrected chi connectivity index (χ4v) is 5.84. The van der Waals surface area contributed by atoms with E-state index in [-0.39, 0.29) is 5.97 Å². The van der Waals surface area contributed by atoms with Crippen molar-refractivity contribution < 1.29 is 19.6 Å². The lowest BCUT2D eigenvalue weighted by atomic mass is 9.97. The SMILES string of the molecule is CCCCc1nc2c[n+](O)c3cc(C)sc3c2n1CC1CCN(OC(=O)c2ccccc2)CC1. The van der Waals surface area contributed by atoms with Crippen molar-refractivity contribution in [3.8, 4) is 0 Å². The zero-order valence-electron chi connectivity index (χ0n) is 19.7. The van der Waals surface area contributed by atoms with Gasteiger partial charge in [-0.3, -0.25) is 5.21 Å². The summed E-state index contributed by atoms with van der Waals surface area (Å²) in [6, 6.07) is 11.2. The second-order valence-corrected chi connectivity index (χ2v) is 10.4. The van der Waals surface area contributed by atoms with Gasteiger partial charge >= 0.3 is 5.97 Å². The molecule has 0 radical (unpaired) electrons. The Morgan fingerprint density at radius 1 is 1.26 bits per heavy atom. The molecule has 1 saturated heterocycles. The van der Waals surface area contributed by atoms with Crippen molar-refractivity contribution in [2.75, 3.05) is 13.1 Å². The third kappa shape index (κ3) is 4.52. The molecule has 7 nitrogen and oxygen atoms in total. The Morgan fingerprint density at radius 2 is 2.03 bits per heavy atom. The number of nitrogens with zero attached hydrogens (tertiary/aromatic N) is 4. The number of benzene rings is 1. The number of aromatic nitrogens is 3. The molecule has 0 saturated carbocycles. The van der Waals surface area contributed by atoms with E-state index in [9.17, 15) is 10.0 Å². The molecule has 8 heteroatoms. The molecule has 5 rings (SSSR count). The first-order valence-corrected chi connectivity index (χ1v) is 12.9. The lowest BCUT2D eigenvalue weighted by Crippen LogP contribution is -2.36. The number of thiophene rings is 1. The molecule has 1 aliphatic heterocycles. The summed E-state index contributed by atoms with van der Waals surface area (Å²) < 4.78 is 4.68. The van der Waals surface area contributed by atoms with Crippen molar-refractivity contribution in [2.45, 2.75) is 52.5 Å². The van der Waals surface area contributed by atoms with E-state index >= 15 is 0 Å². The number of pyridine rings is 1. The summed E-state index contributed by atoms with van der Waals surface area (Å²) in [7, 11) is 0. The Morgan fingerprint density at radius 3 is 2.76 bits per heavy atom. The van der Waals surface area contributed by atoms with Gasteiger partial charge in [0.2, 0.25) is 0 Å². The minimum atomic E-state index is -0.297. The highest BCUT2D eigenvalue weighted by atomic mass is 32.1. The van der Waals surface area contributed by atoms with Gasteiger partial charge in [0, 0.05) is 41.7 Å². The summed E-state index contributed by atoms with van der Waals surface area (Å²) in [6.07, 6.45) is 6.77. The number of fused-ring (bicyclic) bond motifs is 3. The van der Waals surface area contributed by atoms with Crippen LogP contribution in [0.1, 0.15) is 53.7 Å². The first-order valence-electron chi connectivity index (χ1n) is 12.1. The maximum Gasteiger partial charge on any atom is 0.357 e. The fourth-order valence-electron chi connectivity index (χ4n) is 4.78. The highest BCUT2D eigenvalue weighted by Gasteiger charge is 2.27. The van der Waals surface area contributed by atoms with Crippen LogP contribution < -0.4 is 4.73 Å². The van der Waals surface area contributed by atoms with E-state index in [1.807, 2.05) is 24.3 Å². The molecule has 0 bridgehead atoms. The van der Waals surface area contributed by atoms with E-state index in [1.54, 1.807) is 34.7 Å². The van der Waals surface area contributed by atoms with Gasteiger partial charge in [0.05, 0.1) is 11.1 Å². The third-order valence-corrected chi connectivity index (χ3v) is 7.65. The number of rotatable bonds is 7. The van der Waals surface area contributed by atoms with Crippen LogP contribution in [-0.2, 0) is 17.8 Å². The smallest absolute Gasteiger partial charge is 0.357 e. The minimum absolute atomic E-state index is 0.297. The monoisotopic (exact) mass is 479 g/mol. The first kappa shape index (κ1) is 22.8. The Labute approximate surface area is 203 Å². The quantitative estimate of drug-likeness (QED) is 0.301. The Balaban J connectivity index is 1.35. The molecule has 1 N–H and O–H groups in total. The molecule has 0 amide bonds. The number of aryl methyl sites for hydroxylation is 2. The van der Waals surface area contributed by atoms with E-state index in [4.69, 9.17) is 9.82 Å². The van der Waals surface area contributed by atoms with Crippen LogP contribution in [0.5, 0.6) is 0 Å². The van der Waals surface area contributed by atoms with Crippen molar-refractivity contribution in [2.24, 2.45) is 5.92 Å². The van der Waals surface area contributed by atoms with Crippen molar-refractivity contribution in [1.29, 1.82) is 0 Å². The average Bonchev–Trinajstić information content (AvgIpc) is 3.39. The lowest BCUT2D eigenvalue weighted by Gasteiger charge is -2.31. The number of unbranched alkanes of at least 4 members (excludes halogenated alkanes) is 1. The van der Waals surface area contributed by atoms with Gasteiger partial charge in [-0.05, 0) is 44.2 Å². The van der Waals surface area contributed by atoms with E-state index in [1.165, 1.54) is 9.61 Å². The highest BCUT2D eigenvalue weighted by molar-refractivity contribution is 7.19. The summed E-state index contributed by atoms with van der Waals surface area (Å²) in [5.74, 6) is 1.27. The van der Waals surface area contributed by atoms with Gasteiger partial charge in [-0.25, -0.2) is 9.78 Å². The molecule has 34 heavy (non-hydrogen) atoms. The number of hydrogen-bond donors (Lipinski definition) is 1. The second-order valence-electron chi connectivity index (χ2n) is 9.14. The van der Waals surface area contributed by atoms with Crippen molar-refractivity contribution in [3.05, 3.63) is 58.9 Å². The van der Waals surface area contributed by atoms with Crippen LogP contribution in [0.3, 0.4) is 0 Å². The first-order chi connectivity index (χ1) is 16.5. The maximum atomic E-state index is 12.4. The molecular weight excluding hydrogens is 448 g/mol. The Kier molecular flexibility index (Phi) is 6.52. The third-order valence-electron chi connectivity index (χ3n) is 6.61. The summed E-state index contributed by atoms with van der Waals surface area (Å²) in [5.41, 5.74) is 3.38. The van der Waals surface area contributed by atoms with Gasteiger partial charge in [-0.1, -0.05) is 31.5 Å². The number of hydroxylamine groups is 2. The predicted molar refractivity (Wildman–Crippen MR) is 132 cm³/mol. The molecule has 0 aliphatic carbocycles. The fraction of sp³-hybridized carbons (Fsp3) is 0.423. The molecule has 0 spiro atoms. The zero-order valence-corrected chi connectivity index (χ0v) is 20.6. The van der Waals surface area contributed by atoms with Gasteiger partial charge in [0.15, 0.2) is 5.52 Å². The minimum Gasteiger partial charge on any atom is -0.364 e. The molecule has 0 atom stereocenters. The van der Waals surface area contributed by atoms with E-state index < -0.39 is 0 Å². The maximum absolute atomic E-state index is 12.4. The molecule has 178 valence electrons. The van der Waals surface area contributed by atoms with Crippen LogP contribution in [0.2, 0.25) is 0 Å². The van der Waals surface area contributed by atoms with Gasteiger partial charge < -0.3 is 9.40 Å². The molecule has 1 fully saturated rings. The van der Waals surface area contributed by atoms with E-state index in [0.717, 1.165) is 78.8 Å². The van der Waals surface area contributed by atoms with Gasteiger partial charge in [-0.2, -0.15) is 0 Å². The largest absolute Gasteiger partial charge is 0.364 e. The van der Waals surface area contributed by atoms with Crippen molar-refractivity contribution in [3.63, 3.8) is 0 Å². The standard InChI is InChI=1S/C26H31N4O3S/c1-3-4-10-23-27-21-17-30(32)22-15-18(2)34-25(22)24(21)29(23)16-19-11-13-28(14-12-19)33-26(31)20-8-6-5-7-9-20/h5-9,15,17,19,32H,3-4,10-14,16H2,1-2H3/q+1. The molecule has 4 aromatic rings. The van der Waals surface area contributed by atoms with Crippen LogP contribution in [0.25, 0.3) is 21.3 Å². The van der Waals surface area contributed by atoms with Gasteiger partial charge in [0.25, 0.3) is 11.7 Å². The lowest BCUT2D eigenvalue weighted by molar-refractivity contribution is -0.883. The van der Waals surface area contributed by atoms with Crippen molar-refractivity contribution in [1.82, 2.24) is 14.6 Å². The number of hydrogen-bond acceptors (Lipinski definition) is 6. The molecule has 0 unspecified atom stereocenters. The normalized spacial score (nSPS) is 15.4. The molecule has 1 aliphatic rings. The van der Waals surface area contributed by atoms with Crippen LogP contribution in [-0.4, -0.2) is 38.9 Å². The summed E-state index contributed by atoms with van der Waals surface area (Å²) >= 11 is 1.71. The number of carbonyl (C=O) groups excluding carboxylic acids is 1. The molecular formula is C26H31N4O3S+. The van der Waals surface area contributed by atoms with E-state index in [2.05, 4.69) is 18.4 Å². The highest BCUT2D eigenvalue weighted by Crippen LogP contribution is 2.32. The predicted octanol–water partition coefficient (Wildman–Crippen LogP) is 4.91. The second kappa shape index (κ2) is 9.72. The van der Waals surface area contributed by atoms with Crippen LogP contribution in [0.4, 0.5) is 0 Å². The zero-order chi connectivity index (χ0) is 23.7. The number of piperidine rings is 1. The average molecular weight is 480 g/mol. The van der Waals surface area contributed by atoms with Gasteiger partial charge in [-0.15, -0.1) is 16.4 Å². The Hall–Kier alpha value is -2.97. The topological polar surface area (TPSA) is 71.5 Å². The van der Waals surface area contributed by atoms with Gasteiger partial charge in [0.1, 0.15) is 10.5 Å². The van der Waals surface area contributed by atoms with Crippen molar-refractivity contribution >= 4 is 38.6 Å². The number of carbonyl (C=O) groups is 1. The molecule has 3 aromatic heterocycles. The van der Waals surface area contributed by atoms with Crippen LogP contribution in [0, 0.1) is 12.8 Å². The van der Waals surface area contributed by atoms with Crippen LogP contribution >= 0.6 is 11.3 Å². The molecule has 4 heterocycles.